The molecule has 146 valence electrons. The standard InChI is InChI=1S/C18H23Cl2N5OS/c1-12(2)24(10-13-7-8-15(19)16(20)9-13)17(26)11-27-18-21-22-23-25(18)14-5-3-4-6-14/h7-9,12,14H,3-6,10-11H2,1-2H3. The first kappa shape index (κ1) is 20.4. The highest BCUT2D eigenvalue weighted by atomic mass is 35.5. The van der Waals surface area contributed by atoms with Gasteiger partial charge < -0.3 is 4.90 Å². The van der Waals surface area contributed by atoms with Crippen LogP contribution in [0.3, 0.4) is 0 Å². The topological polar surface area (TPSA) is 63.9 Å². The Morgan fingerprint density at radius 2 is 2.04 bits per heavy atom. The lowest BCUT2D eigenvalue weighted by atomic mass is 10.2. The lowest BCUT2D eigenvalue weighted by Crippen LogP contribution is -2.37. The normalized spacial score (nSPS) is 14.9. The smallest absolute Gasteiger partial charge is 0.233 e. The van der Waals surface area contributed by atoms with Gasteiger partial charge in [-0.3, -0.25) is 4.79 Å². The molecule has 0 aliphatic heterocycles. The second-order valence-electron chi connectivity index (χ2n) is 7.00. The minimum atomic E-state index is 0.0436. The maximum Gasteiger partial charge on any atom is 0.233 e. The Morgan fingerprint density at radius 1 is 1.30 bits per heavy atom. The van der Waals surface area contributed by atoms with E-state index in [0.717, 1.165) is 18.4 Å². The summed E-state index contributed by atoms with van der Waals surface area (Å²) in [6.07, 6.45) is 4.61. The molecule has 1 amide bonds. The zero-order valence-electron chi connectivity index (χ0n) is 15.4. The van der Waals surface area contributed by atoms with E-state index in [1.165, 1.54) is 24.6 Å². The van der Waals surface area contributed by atoms with Crippen LogP contribution < -0.4 is 0 Å². The van der Waals surface area contributed by atoms with E-state index in [1.807, 2.05) is 29.5 Å². The second-order valence-corrected chi connectivity index (χ2v) is 8.75. The molecule has 1 aliphatic carbocycles. The Labute approximate surface area is 173 Å². The average Bonchev–Trinajstić information content (AvgIpc) is 3.31. The summed E-state index contributed by atoms with van der Waals surface area (Å²) in [5.41, 5.74) is 0.951. The third-order valence-electron chi connectivity index (χ3n) is 4.74. The predicted molar refractivity (Wildman–Crippen MR) is 108 cm³/mol. The molecule has 0 N–H and O–H groups in total. The van der Waals surface area contributed by atoms with Gasteiger partial charge in [-0.25, -0.2) is 4.68 Å². The summed E-state index contributed by atoms with van der Waals surface area (Å²) >= 11 is 13.5. The quantitative estimate of drug-likeness (QED) is 0.602. The van der Waals surface area contributed by atoms with Gasteiger partial charge in [0.05, 0.1) is 21.8 Å². The van der Waals surface area contributed by atoms with Crippen molar-refractivity contribution >= 4 is 40.9 Å². The van der Waals surface area contributed by atoms with Crippen molar-refractivity contribution in [2.24, 2.45) is 0 Å². The van der Waals surface area contributed by atoms with Crippen molar-refractivity contribution in [2.75, 3.05) is 5.75 Å². The number of carbonyl (C=O) groups is 1. The number of carbonyl (C=O) groups excluding carboxylic acids is 1. The number of benzene rings is 1. The Bertz CT molecular complexity index is 792. The fourth-order valence-corrected chi connectivity index (χ4v) is 4.41. The number of rotatable bonds is 7. The monoisotopic (exact) mass is 427 g/mol. The van der Waals surface area contributed by atoms with Crippen LogP contribution in [-0.2, 0) is 11.3 Å². The first-order valence-corrected chi connectivity index (χ1v) is 10.8. The maximum atomic E-state index is 12.8. The summed E-state index contributed by atoms with van der Waals surface area (Å²) in [7, 11) is 0. The first-order valence-electron chi connectivity index (χ1n) is 9.09. The molecular formula is C18H23Cl2N5OS. The van der Waals surface area contributed by atoms with E-state index in [0.29, 0.717) is 33.5 Å². The van der Waals surface area contributed by atoms with Gasteiger partial charge in [0.15, 0.2) is 0 Å². The first-order chi connectivity index (χ1) is 13.0. The number of hydrogen-bond donors (Lipinski definition) is 0. The molecular weight excluding hydrogens is 405 g/mol. The van der Waals surface area contributed by atoms with Crippen molar-refractivity contribution in [3.8, 4) is 0 Å². The number of nitrogens with zero attached hydrogens (tertiary/aromatic N) is 5. The summed E-state index contributed by atoms with van der Waals surface area (Å²) in [5, 5.41) is 13.8. The highest BCUT2D eigenvalue weighted by Gasteiger charge is 2.23. The predicted octanol–water partition coefficient (Wildman–Crippen LogP) is 4.62. The fraction of sp³-hybridized carbons (Fsp3) is 0.556. The molecule has 0 bridgehead atoms. The number of hydrogen-bond acceptors (Lipinski definition) is 5. The van der Waals surface area contributed by atoms with Gasteiger partial charge in [-0.05, 0) is 54.8 Å². The van der Waals surface area contributed by atoms with Crippen molar-refractivity contribution < 1.29 is 4.79 Å². The SMILES string of the molecule is CC(C)N(Cc1ccc(Cl)c(Cl)c1)C(=O)CSc1nnnn1C1CCCC1. The lowest BCUT2D eigenvalue weighted by molar-refractivity contribution is -0.130. The third-order valence-corrected chi connectivity index (χ3v) is 6.40. The van der Waals surface area contributed by atoms with Gasteiger partial charge in [-0.1, -0.05) is 53.9 Å². The molecule has 1 aromatic heterocycles. The van der Waals surface area contributed by atoms with Crippen LogP contribution in [0.2, 0.25) is 10.0 Å². The molecule has 6 nitrogen and oxygen atoms in total. The Kier molecular flexibility index (Phi) is 7.00. The molecule has 0 atom stereocenters. The summed E-state index contributed by atoms with van der Waals surface area (Å²) in [6, 6.07) is 5.88. The zero-order valence-corrected chi connectivity index (χ0v) is 17.8. The van der Waals surface area contributed by atoms with Gasteiger partial charge in [-0.2, -0.15) is 0 Å². The van der Waals surface area contributed by atoms with Gasteiger partial charge in [0.2, 0.25) is 11.1 Å². The average molecular weight is 428 g/mol. The summed E-state index contributed by atoms with van der Waals surface area (Å²) in [6.45, 7) is 4.49. The fourth-order valence-electron chi connectivity index (χ4n) is 3.26. The molecule has 0 radical (unpaired) electrons. The van der Waals surface area contributed by atoms with Crippen LogP contribution in [0, 0.1) is 0 Å². The van der Waals surface area contributed by atoms with E-state index in [1.54, 1.807) is 12.1 Å². The molecule has 1 fully saturated rings. The zero-order chi connectivity index (χ0) is 19.4. The van der Waals surface area contributed by atoms with Crippen molar-refractivity contribution in [1.29, 1.82) is 0 Å². The van der Waals surface area contributed by atoms with Crippen molar-refractivity contribution in [2.45, 2.75) is 63.3 Å². The molecule has 1 heterocycles. The second kappa shape index (κ2) is 9.26. The van der Waals surface area contributed by atoms with Crippen LogP contribution in [0.25, 0.3) is 0 Å². The minimum Gasteiger partial charge on any atom is -0.335 e. The molecule has 0 saturated heterocycles. The maximum absolute atomic E-state index is 12.8. The number of aromatic nitrogens is 4. The van der Waals surface area contributed by atoms with Crippen LogP contribution in [0.1, 0.15) is 51.1 Å². The van der Waals surface area contributed by atoms with Gasteiger partial charge in [0, 0.05) is 12.6 Å². The molecule has 3 rings (SSSR count). The highest BCUT2D eigenvalue weighted by molar-refractivity contribution is 7.99. The molecule has 0 spiro atoms. The Balaban J connectivity index is 1.64. The molecule has 27 heavy (non-hydrogen) atoms. The van der Waals surface area contributed by atoms with Crippen molar-refractivity contribution in [3.05, 3.63) is 33.8 Å². The van der Waals surface area contributed by atoms with Gasteiger partial charge >= 0.3 is 0 Å². The van der Waals surface area contributed by atoms with E-state index < -0.39 is 0 Å². The summed E-state index contributed by atoms with van der Waals surface area (Å²) < 4.78 is 1.88. The Morgan fingerprint density at radius 3 is 2.70 bits per heavy atom. The number of thioether (sulfide) groups is 1. The van der Waals surface area contributed by atoms with Crippen LogP contribution in [0.15, 0.2) is 23.4 Å². The van der Waals surface area contributed by atoms with E-state index >= 15 is 0 Å². The molecule has 0 unspecified atom stereocenters. The molecule has 1 aromatic carbocycles. The van der Waals surface area contributed by atoms with Gasteiger partial charge in [0.25, 0.3) is 0 Å². The molecule has 9 heteroatoms. The van der Waals surface area contributed by atoms with Gasteiger partial charge in [0.1, 0.15) is 0 Å². The third kappa shape index (κ3) is 5.15. The van der Waals surface area contributed by atoms with Crippen LogP contribution in [0.5, 0.6) is 0 Å². The van der Waals surface area contributed by atoms with E-state index in [9.17, 15) is 4.79 Å². The van der Waals surface area contributed by atoms with E-state index in [4.69, 9.17) is 23.2 Å². The number of tetrazole rings is 1. The van der Waals surface area contributed by atoms with Crippen LogP contribution >= 0.6 is 35.0 Å². The van der Waals surface area contributed by atoms with Gasteiger partial charge in [-0.15, -0.1) is 5.10 Å². The summed E-state index contributed by atoms with van der Waals surface area (Å²) in [4.78, 5) is 14.7. The van der Waals surface area contributed by atoms with Crippen molar-refractivity contribution in [3.63, 3.8) is 0 Å². The molecule has 2 aromatic rings. The highest BCUT2D eigenvalue weighted by Crippen LogP contribution is 2.31. The van der Waals surface area contributed by atoms with Crippen molar-refractivity contribution in [1.82, 2.24) is 25.1 Å². The van der Waals surface area contributed by atoms with E-state index in [-0.39, 0.29) is 11.9 Å². The number of halogens is 2. The lowest BCUT2D eigenvalue weighted by Gasteiger charge is -2.27. The van der Waals surface area contributed by atoms with Crippen LogP contribution in [0.4, 0.5) is 0 Å². The van der Waals surface area contributed by atoms with E-state index in [2.05, 4.69) is 15.5 Å². The number of amides is 1. The minimum absolute atomic E-state index is 0.0436. The van der Waals surface area contributed by atoms with Crippen LogP contribution in [-0.4, -0.2) is 42.8 Å². The molecule has 1 saturated carbocycles. The molecule has 1 aliphatic rings. The summed E-state index contributed by atoms with van der Waals surface area (Å²) in [5.74, 6) is 0.342. The Hall–Kier alpha value is -1.31. The largest absolute Gasteiger partial charge is 0.335 e.